The second-order valence-corrected chi connectivity index (χ2v) is 7.59. The van der Waals surface area contributed by atoms with Gasteiger partial charge in [0, 0.05) is 17.7 Å². The molecule has 3 nitrogen and oxygen atoms in total. The minimum absolute atomic E-state index is 0.258. The molecule has 0 aliphatic heterocycles. The average molecular weight is 283 g/mol. The highest BCUT2D eigenvalue weighted by Crippen LogP contribution is 2.46. The van der Waals surface area contributed by atoms with Crippen LogP contribution in [0, 0.1) is 5.41 Å². The van der Waals surface area contributed by atoms with Crippen molar-refractivity contribution in [1.29, 1.82) is 0 Å². The van der Waals surface area contributed by atoms with Crippen molar-refractivity contribution < 1.29 is 0 Å². The lowest BCUT2D eigenvalue weighted by Crippen LogP contribution is -2.17. The Morgan fingerprint density at radius 1 is 1.28 bits per heavy atom. The molecule has 0 amide bonds. The Morgan fingerprint density at radius 2 is 2.00 bits per heavy atom. The number of thioether (sulfide) groups is 1. The predicted molar refractivity (Wildman–Crippen MR) is 78.6 cm³/mol. The fourth-order valence-electron chi connectivity index (χ4n) is 1.99. The molecule has 0 atom stereocenters. The Hall–Kier alpha value is -0.160. The predicted octanol–water partition coefficient (Wildman–Crippen LogP) is 3.54. The topological polar surface area (TPSA) is 30.7 Å². The van der Waals surface area contributed by atoms with Crippen LogP contribution in [0.15, 0.2) is 5.16 Å². The number of nitrogens with zero attached hydrogens (tertiary/aromatic N) is 3. The zero-order valence-electron chi connectivity index (χ0n) is 11.1. The molecule has 0 bridgehead atoms. The Bertz CT molecular complexity index is 433. The van der Waals surface area contributed by atoms with E-state index in [4.69, 9.17) is 0 Å². The SMILES string of the molecule is CC(C)(CS)CSc1nnc(C2CC2)n1C1CC1. The van der Waals surface area contributed by atoms with Crippen molar-refractivity contribution in [2.45, 2.75) is 56.6 Å². The van der Waals surface area contributed by atoms with Gasteiger partial charge in [-0.25, -0.2) is 0 Å². The highest BCUT2D eigenvalue weighted by molar-refractivity contribution is 7.99. The number of thiol groups is 1. The zero-order valence-corrected chi connectivity index (χ0v) is 12.8. The van der Waals surface area contributed by atoms with E-state index < -0.39 is 0 Å². The fraction of sp³-hybridized carbons (Fsp3) is 0.846. The van der Waals surface area contributed by atoms with Gasteiger partial charge in [-0.15, -0.1) is 10.2 Å². The molecule has 0 N–H and O–H groups in total. The smallest absolute Gasteiger partial charge is 0.191 e. The maximum Gasteiger partial charge on any atom is 0.191 e. The van der Waals surface area contributed by atoms with Crippen LogP contribution in [0.3, 0.4) is 0 Å². The van der Waals surface area contributed by atoms with E-state index in [1.807, 2.05) is 11.8 Å². The van der Waals surface area contributed by atoms with Gasteiger partial charge in [0.25, 0.3) is 0 Å². The molecule has 1 heterocycles. The van der Waals surface area contributed by atoms with Crippen LogP contribution < -0.4 is 0 Å². The van der Waals surface area contributed by atoms with Gasteiger partial charge in [-0.3, -0.25) is 0 Å². The molecule has 0 saturated heterocycles. The molecule has 18 heavy (non-hydrogen) atoms. The maximum atomic E-state index is 4.44. The number of rotatable bonds is 6. The van der Waals surface area contributed by atoms with E-state index in [-0.39, 0.29) is 5.41 Å². The molecule has 1 aromatic heterocycles. The highest BCUT2D eigenvalue weighted by Gasteiger charge is 2.36. The van der Waals surface area contributed by atoms with Crippen molar-refractivity contribution >= 4 is 24.4 Å². The molecule has 0 unspecified atom stereocenters. The van der Waals surface area contributed by atoms with Gasteiger partial charge in [0.05, 0.1) is 0 Å². The summed E-state index contributed by atoms with van der Waals surface area (Å²) in [7, 11) is 0. The van der Waals surface area contributed by atoms with Gasteiger partial charge in [0.15, 0.2) is 5.16 Å². The van der Waals surface area contributed by atoms with Crippen molar-refractivity contribution in [1.82, 2.24) is 14.8 Å². The van der Waals surface area contributed by atoms with Crippen LogP contribution in [0.1, 0.15) is 57.3 Å². The Kier molecular flexibility index (Phi) is 3.39. The Morgan fingerprint density at radius 3 is 2.56 bits per heavy atom. The summed E-state index contributed by atoms with van der Waals surface area (Å²) in [5.41, 5.74) is 0.258. The Balaban J connectivity index is 1.75. The minimum atomic E-state index is 0.258. The van der Waals surface area contributed by atoms with Crippen LogP contribution >= 0.6 is 24.4 Å². The molecule has 0 spiro atoms. The van der Waals surface area contributed by atoms with Crippen molar-refractivity contribution in [3.63, 3.8) is 0 Å². The molecule has 2 fully saturated rings. The average Bonchev–Trinajstić information content (AvgIpc) is 3.25. The summed E-state index contributed by atoms with van der Waals surface area (Å²) in [6.07, 6.45) is 5.22. The summed E-state index contributed by atoms with van der Waals surface area (Å²) in [5, 5.41) is 10.00. The molecule has 5 heteroatoms. The second kappa shape index (κ2) is 4.75. The lowest BCUT2D eigenvalue weighted by Gasteiger charge is -2.21. The Labute approximate surface area is 119 Å². The van der Waals surface area contributed by atoms with Crippen LogP contribution in [0.2, 0.25) is 0 Å². The van der Waals surface area contributed by atoms with E-state index in [2.05, 4.69) is 41.2 Å². The summed E-state index contributed by atoms with van der Waals surface area (Å²) in [4.78, 5) is 0. The van der Waals surface area contributed by atoms with Crippen LogP contribution in [0.5, 0.6) is 0 Å². The van der Waals surface area contributed by atoms with Crippen molar-refractivity contribution in [2.75, 3.05) is 11.5 Å². The van der Waals surface area contributed by atoms with Gasteiger partial charge in [0.1, 0.15) is 5.82 Å². The minimum Gasteiger partial charge on any atom is -0.303 e. The van der Waals surface area contributed by atoms with Gasteiger partial charge >= 0.3 is 0 Å². The van der Waals surface area contributed by atoms with E-state index in [9.17, 15) is 0 Å². The molecule has 1 aromatic rings. The fourth-order valence-corrected chi connectivity index (χ4v) is 3.35. The quantitative estimate of drug-likeness (QED) is 0.640. The van der Waals surface area contributed by atoms with Gasteiger partial charge in [0.2, 0.25) is 0 Å². The molecular formula is C13H21N3S2. The van der Waals surface area contributed by atoms with E-state index >= 15 is 0 Å². The summed E-state index contributed by atoms with van der Waals surface area (Å²) < 4.78 is 2.43. The molecule has 3 rings (SSSR count). The summed E-state index contributed by atoms with van der Waals surface area (Å²) in [6, 6.07) is 0.692. The lowest BCUT2D eigenvalue weighted by molar-refractivity contribution is 0.492. The summed E-state index contributed by atoms with van der Waals surface area (Å²) in [6.45, 7) is 4.51. The number of hydrogen-bond acceptors (Lipinski definition) is 4. The molecule has 2 aliphatic rings. The van der Waals surface area contributed by atoms with Gasteiger partial charge in [-0.05, 0) is 36.9 Å². The van der Waals surface area contributed by atoms with E-state index in [1.165, 1.54) is 31.5 Å². The third-order valence-electron chi connectivity index (χ3n) is 3.57. The van der Waals surface area contributed by atoms with E-state index in [0.717, 1.165) is 16.7 Å². The lowest BCUT2D eigenvalue weighted by atomic mass is 10.0. The summed E-state index contributed by atoms with van der Waals surface area (Å²) in [5.74, 6) is 3.92. The standard InChI is InChI=1S/C13H21N3S2/c1-13(2,7-17)8-18-12-15-14-11(9-3-4-9)16(12)10-5-6-10/h9-10,17H,3-8H2,1-2H3. The van der Waals surface area contributed by atoms with Gasteiger partial charge < -0.3 is 4.57 Å². The van der Waals surface area contributed by atoms with Crippen molar-refractivity contribution in [2.24, 2.45) is 5.41 Å². The first kappa shape index (κ1) is 12.9. The first-order chi connectivity index (χ1) is 8.61. The molecule has 2 aliphatic carbocycles. The van der Waals surface area contributed by atoms with Gasteiger partial charge in [-0.2, -0.15) is 12.6 Å². The molecule has 0 radical (unpaired) electrons. The first-order valence-corrected chi connectivity index (χ1v) is 8.41. The molecule has 100 valence electrons. The van der Waals surface area contributed by atoms with Crippen LogP contribution in [0.25, 0.3) is 0 Å². The van der Waals surface area contributed by atoms with Crippen LogP contribution in [-0.2, 0) is 0 Å². The van der Waals surface area contributed by atoms with Gasteiger partial charge in [-0.1, -0.05) is 25.6 Å². The number of aromatic nitrogens is 3. The maximum absolute atomic E-state index is 4.44. The molecule has 0 aromatic carbocycles. The first-order valence-electron chi connectivity index (χ1n) is 6.79. The number of hydrogen-bond donors (Lipinski definition) is 1. The molecular weight excluding hydrogens is 262 g/mol. The van der Waals surface area contributed by atoms with Crippen molar-refractivity contribution in [3.8, 4) is 0 Å². The van der Waals surface area contributed by atoms with E-state index in [0.29, 0.717) is 12.0 Å². The highest BCUT2D eigenvalue weighted by atomic mass is 32.2. The van der Waals surface area contributed by atoms with Crippen LogP contribution in [0.4, 0.5) is 0 Å². The van der Waals surface area contributed by atoms with E-state index in [1.54, 1.807) is 0 Å². The third kappa shape index (κ3) is 2.72. The third-order valence-corrected chi connectivity index (χ3v) is 5.88. The largest absolute Gasteiger partial charge is 0.303 e. The zero-order chi connectivity index (χ0) is 12.8. The second-order valence-electron chi connectivity index (χ2n) is 6.33. The summed E-state index contributed by atoms with van der Waals surface area (Å²) >= 11 is 6.27. The molecule has 2 saturated carbocycles. The van der Waals surface area contributed by atoms with Crippen LogP contribution in [-0.4, -0.2) is 26.3 Å². The van der Waals surface area contributed by atoms with Crippen molar-refractivity contribution in [3.05, 3.63) is 5.82 Å². The normalized spacial score (nSPS) is 20.4. The monoisotopic (exact) mass is 283 g/mol.